The van der Waals surface area contributed by atoms with Gasteiger partial charge in [-0.05, 0) is 88.6 Å². The van der Waals surface area contributed by atoms with E-state index in [9.17, 15) is 16.8 Å². The molecule has 2 aliphatic heterocycles. The molecule has 4 rings (SSSR count). The number of allylic oxidation sites excluding steroid dienone is 3. The standard InChI is InChI=1S/C37H47Cl2N3O6S2/c1-9-27(13-12-25(2)3)36(4)37(5,28-14-16-29(38)17-15-28)42(35(43)41-20-18-26(19-21-41)11-10-22-49(7,44)45)34(40-36)30-23-33(50(8,46)47)31(39)24-32(30)48-6/h9,12-17,23-24,26H,2,10-11,18-22H2,1,3-8H3/b13-12-,27-9+/t36-,37+/m0/s1. The highest BCUT2D eigenvalue weighted by atomic mass is 35.5. The quantitative estimate of drug-likeness (QED) is 0.215. The van der Waals surface area contributed by atoms with Gasteiger partial charge in [-0.3, -0.25) is 9.89 Å². The van der Waals surface area contributed by atoms with Crippen LogP contribution >= 0.6 is 23.2 Å². The first-order valence-electron chi connectivity index (χ1n) is 16.5. The van der Waals surface area contributed by atoms with Crippen molar-refractivity contribution in [3.05, 3.63) is 93.5 Å². The molecule has 0 N–H and O–H groups in total. The first-order chi connectivity index (χ1) is 23.3. The van der Waals surface area contributed by atoms with Crippen molar-refractivity contribution in [2.75, 3.05) is 38.5 Å². The molecule has 9 nitrogen and oxygen atoms in total. The molecular weight excluding hydrogens is 717 g/mol. The predicted octanol–water partition coefficient (Wildman–Crippen LogP) is 7.88. The molecule has 13 heteroatoms. The Morgan fingerprint density at radius 1 is 1.06 bits per heavy atom. The number of rotatable bonds is 11. The van der Waals surface area contributed by atoms with Gasteiger partial charge in [0.25, 0.3) is 0 Å². The zero-order chi connectivity index (χ0) is 37.2. The molecule has 2 aromatic rings. The Labute approximate surface area is 307 Å². The molecule has 50 heavy (non-hydrogen) atoms. The third kappa shape index (κ3) is 8.16. The molecule has 0 aliphatic carbocycles. The number of carbonyl (C=O) groups excluding carboxylic acids is 1. The molecule has 0 unspecified atom stereocenters. The molecular formula is C37H47Cl2N3O6S2. The fourth-order valence-electron chi connectivity index (χ4n) is 6.92. The van der Waals surface area contributed by atoms with Crippen molar-refractivity contribution in [1.82, 2.24) is 9.80 Å². The highest BCUT2D eigenvalue weighted by molar-refractivity contribution is 7.91. The Morgan fingerprint density at radius 3 is 2.20 bits per heavy atom. The maximum atomic E-state index is 15.1. The number of benzene rings is 2. The number of methoxy groups -OCH3 is 1. The number of hydrogen-bond acceptors (Lipinski definition) is 7. The van der Waals surface area contributed by atoms with E-state index in [-0.39, 0.29) is 39.2 Å². The Balaban J connectivity index is 1.95. The summed E-state index contributed by atoms with van der Waals surface area (Å²) in [6.45, 7) is 12.7. The molecule has 0 saturated carbocycles. The van der Waals surface area contributed by atoms with Gasteiger partial charge in [0, 0.05) is 42.4 Å². The molecule has 1 fully saturated rings. The van der Waals surface area contributed by atoms with Crippen LogP contribution < -0.4 is 4.74 Å². The van der Waals surface area contributed by atoms with Crippen molar-refractivity contribution < 1.29 is 26.4 Å². The summed E-state index contributed by atoms with van der Waals surface area (Å²) in [5.74, 6) is 0.914. The summed E-state index contributed by atoms with van der Waals surface area (Å²) in [5, 5.41) is 0.517. The number of piperidine rings is 1. The van der Waals surface area contributed by atoms with Gasteiger partial charge < -0.3 is 9.64 Å². The van der Waals surface area contributed by atoms with Gasteiger partial charge in [0.1, 0.15) is 32.5 Å². The second-order valence-electron chi connectivity index (χ2n) is 13.6. The first-order valence-corrected chi connectivity index (χ1v) is 21.2. The molecule has 0 spiro atoms. The van der Waals surface area contributed by atoms with Gasteiger partial charge in [-0.15, -0.1) is 0 Å². The summed E-state index contributed by atoms with van der Waals surface area (Å²) in [4.78, 5) is 23.8. The average molecular weight is 765 g/mol. The van der Waals surface area contributed by atoms with Gasteiger partial charge in [0.15, 0.2) is 9.84 Å². The van der Waals surface area contributed by atoms with Crippen molar-refractivity contribution >= 4 is 54.7 Å². The Hall–Kier alpha value is -3.12. The summed E-state index contributed by atoms with van der Waals surface area (Å²) < 4.78 is 55.0. The summed E-state index contributed by atoms with van der Waals surface area (Å²) in [7, 11) is -5.38. The van der Waals surface area contributed by atoms with E-state index in [2.05, 4.69) is 6.58 Å². The van der Waals surface area contributed by atoms with Crippen molar-refractivity contribution in [3.63, 3.8) is 0 Å². The van der Waals surface area contributed by atoms with Crippen LogP contribution in [0.15, 0.2) is 82.2 Å². The Morgan fingerprint density at radius 2 is 1.68 bits per heavy atom. The van der Waals surface area contributed by atoms with Gasteiger partial charge >= 0.3 is 6.03 Å². The fraction of sp³-hybridized carbons (Fsp3) is 0.459. The first kappa shape index (κ1) is 39.7. The number of likely N-dealkylation sites (tertiary alicyclic amines) is 1. The number of ether oxygens (including phenoxy) is 1. The normalized spacial score (nSPS) is 22.3. The molecule has 1 saturated heterocycles. The number of sulfone groups is 2. The van der Waals surface area contributed by atoms with Crippen LogP contribution in [0.2, 0.25) is 10.0 Å². The molecule has 2 atom stereocenters. The number of hydrogen-bond donors (Lipinski definition) is 0. The number of nitrogens with zero attached hydrogens (tertiary/aromatic N) is 3. The van der Waals surface area contributed by atoms with E-state index in [0.717, 1.165) is 29.4 Å². The van der Waals surface area contributed by atoms with E-state index >= 15 is 4.79 Å². The van der Waals surface area contributed by atoms with E-state index in [1.54, 1.807) is 21.9 Å². The number of halogens is 2. The number of carbonyl (C=O) groups is 1. The van der Waals surface area contributed by atoms with Crippen LogP contribution in [-0.4, -0.2) is 82.5 Å². The van der Waals surface area contributed by atoms with E-state index in [0.29, 0.717) is 42.9 Å². The molecule has 0 radical (unpaired) electrons. The lowest BCUT2D eigenvalue weighted by Crippen LogP contribution is -2.60. The maximum Gasteiger partial charge on any atom is 0.326 e. The zero-order valence-corrected chi connectivity index (χ0v) is 32.9. The molecule has 2 heterocycles. The Kier molecular flexibility index (Phi) is 12.1. The topological polar surface area (TPSA) is 113 Å². The van der Waals surface area contributed by atoms with Crippen molar-refractivity contribution in [1.29, 1.82) is 0 Å². The third-order valence-corrected chi connectivity index (χ3v) is 12.7. The number of amides is 2. The van der Waals surface area contributed by atoms with Crippen molar-refractivity contribution in [3.8, 4) is 5.75 Å². The van der Waals surface area contributed by atoms with Gasteiger partial charge in [-0.1, -0.05) is 65.7 Å². The van der Waals surface area contributed by atoms with Gasteiger partial charge in [0.2, 0.25) is 0 Å². The van der Waals surface area contributed by atoms with Crippen LogP contribution in [0.1, 0.15) is 64.5 Å². The van der Waals surface area contributed by atoms with Crippen molar-refractivity contribution in [2.24, 2.45) is 10.9 Å². The number of urea groups is 1. The second-order valence-corrected chi connectivity index (χ2v) is 18.7. The fourth-order valence-corrected chi connectivity index (χ4v) is 9.05. The lowest BCUT2D eigenvalue weighted by molar-refractivity contribution is 0.106. The smallest absolute Gasteiger partial charge is 0.326 e. The largest absolute Gasteiger partial charge is 0.496 e. The molecule has 2 amide bonds. The Bertz CT molecular complexity index is 1950. The summed E-state index contributed by atoms with van der Waals surface area (Å²) >= 11 is 12.8. The lowest BCUT2D eigenvalue weighted by atomic mass is 9.70. The maximum absolute atomic E-state index is 15.1. The SMILES string of the molecule is C=C(C)/C=C\C(=C/C)[C@]1(C)N=C(c2cc(S(C)(=O)=O)c(Cl)cc2OC)N(C(=O)N2CCC(CCCS(C)(=O)=O)CC2)[C@]1(C)c1ccc(Cl)cc1. The lowest BCUT2D eigenvalue weighted by Gasteiger charge is -2.47. The molecule has 2 aromatic carbocycles. The number of amidine groups is 1. The second kappa shape index (κ2) is 15.2. The van der Waals surface area contributed by atoms with Crippen LogP contribution in [0.5, 0.6) is 5.75 Å². The summed E-state index contributed by atoms with van der Waals surface area (Å²) in [6, 6.07) is 9.86. The molecule has 0 bridgehead atoms. The van der Waals surface area contributed by atoms with Crippen LogP contribution in [0.4, 0.5) is 4.79 Å². The minimum Gasteiger partial charge on any atom is -0.496 e. The van der Waals surface area contributed by atoms with E-state index in [4.69, 9.17) is 32.9 Å². The molecule has 272 valence electrons. The van der Waals surface area contributed by atoms with Crippen molar-refractivity contribution in [2.45, 2.75) is 69.4 Å². The van der Waals surface area contributed by atoms with Crippen LogP contribution in [0, 0.1) is 5.92 Å². The molecule has 2 aliphatic rings. The molecule has 0 aromatic heterocycles. The van der Waals surface area contributed by atoms with Gasteiger partial charge in [-0.25, -0.2) is 21.6 Å². The van der Waals surface area contributed by atoms with Crippen LogP contribution in [0.25, 0.3) is 0 Å². The highest BCUT2D eigenvalue weighted by Gasteiger charge is 2.60. The average Bonchev–Trinajstić information content (AvgIpc) is 3.27. The monoisotopic (exact) mass is 763 g/mol. The van der Waals surface area contributed by atoms with E-state index in [1.165, 1.54) is 25.5 Å². The minimum atomic E-state index is -3.79. The summed E-state index contributed by atoms with van der Waals surface area (Å²) in [5.41, 5.74) is 0.385. The van der Waals surface area contributed by atoms with Crippen LogP contribution in [-0.2, 0) is 25.2 Å². The van der Waals surface area contributed by atoms with Gasteiger partial charge in [0.05, 0.1) is 22.6 Å². The third-order valence-electron chi connectivity index (χ3n) is 9.86. The summed E-state index contributed by atoms with van der Waals surface area (Å²) in [6.07, 6.45) is 10.9. The zero-order valence-electron chi connectivity index (χ0n) is 29.8. The number of aliphatic imine (C=N–C) groups is 1. The predicted molar refractivity (Wildman–Crippen MR) is 203 cm³/mol. The van der Waals surface area contributed by atoms with E-state index in [1.807, 2.05) is 58.1 Å². The van der Waals surface area contributed by atoms with E-state index < -0.39 is 30.8 Å². The van der Waals surface area contributed by atoms with Gasteiger partial charge in [-0.2, -0.15) is 0 Å². The minimum absolute atomic E-state index is 0.00993. The van der Waals surface area contributed by atoms with Crippen LogP contribution in [0.3, 0.4) is 0 Å². The highest BCUT2D eigenvalue weighted by Crippen LogP contribution is 2.53.